The third-order valence-electron chi connectivity index (χ3n) is 8.53. The van der Waals surface area contributed by atoms with Crippen molar-refractivity contribution in [2.24, 2.45) is 59.2 Å². The van der Waals surface area contributed by atoms with Crippen LogP contribution in [0, 0.1) is 71.0 Å². The third-order valence-corrected chi connectivity index (χ3v) is 8.53. The number of hydrogen-bond donors (Lipinski definition) is 0. The first-order chi connectivity index (χ1) is 34.8. The molecule has 0 amide bonds. The van der Waals surface area contributed by atoms with Crippen molar-refractivity contribution in [3.8, 4) is 11.8 Å². The number of fused-ring (bicyclic) bond motifs is 1. The molecular weight excluding hydrogens is 889 g/mol. The average Bonchev–Trinajstić information content (AvgIpc) is 3.36. The van der Waals surface area contributed by atoms with E-state index in [9.17, 15) is 0 Å². The van der Waals surface area contributed by atoms with Crippen LogP contribution in [0.25, 0.3) is 10.8 Å². The van der Waals surface area contributed by atoms with Crippen LogP contribution in [-0.4, -0.2) is 0 Å². The van der Waals surface area contributed by atoms with Crippen molar-refractivity contribution >= 4 is 10.8 Å². The van der Waals surface area contributed by atoms with Crippen LogP contribution in [0.4, 0.5) is 0 Å². The summed E-state index contributed by atoms with van der Waals surface area (Å²) in [6, 6.07) is 40.7. The van der Waals surface area contributed by atoms with E-state index in [4.69, 9.17) is 0 Å². The fourth-order valence-electron chi connectivity index (χ4n) is 3.93. The Hall–Kier alpha value is -3.82. The quantitative estimate of drug-likeness (QED) is 0.0980. The molecule has 0 saturated heterocycles. The predicted molar refractivity (Wildman–Crippen MR) is 354 cm³/mol. The molecule has 0 heteroatoms. The topological polar surface area (TPSA) is 0 Å². The predicted octanol–water partition coefficient (Wildman–Crippen LogP) is 26.0. The van der Waals surface area contributed by atoms with E-state index >= 15 is 0 Å². The molecule has 0 radical (unpaired) electrons. The normalized spacial score (nSPS) is 9.70. The Morgan fingerprint density at radius 2 is 0.419 bits per heavy atom. The van der Waals surface area contributed by atoms with Crippen LogP contribution < -0.4 is 0 Å². The van der Waals surface area contributed by atoms with Crippen LogP contribution in [0.15, 0.2) is 146 Å². The molecular formula is C74H134. The maximum atomic E-state index is 3.17. The van der Waals surface area contributed by atoms with Gasteiger partial charge in [0.1, 0.15) is 0 Å². The van der Waals surface area contributed by atoms with Crippen LogP contribution in [0.2, 0.25) is 0 Å². The summed E-state index contributed by atoms with van der Waals surface area (Å²) in [7, 11) is 0. The van der Waals surface area contributed by atoms with Gasteiger partial charge in [0, 0.05) is 12.8 Å². The van der Waals surface area contributed by atoms with Crippen molar-refractivity contribution in [3.63, 3.8) is 0 Å². The van der Waals surface area contributed by atoms with Crippen LogP contribution in [0.1, 0.15) is 245 Å². The molecule has 0 atom stereocenters. The first kappa shape index (κ1) is 86.9. The van der Waals surface area contributed by atoms with Crippen LogP contribution >= 0.6 is 0 Å². The standard InChI is InChI=1S/C10H8.2C10H20.C10H18.2C6H6.2C5H12.2C4H10.2C2H6/c1-2-6-10-8-4-3-7-9(10)5-1;3*1-9(2)7-5-6-8-10(3)4;2*1-2-4-6-5-3-1;2*1-4-5(2)3;2*1-4(2)3;2*1-2/h1-8H;2*5-6,9-10H,7-8H2,1-4H3;9-10H,7-8H2,1-4H3;2*1-6H;2*5H,4H2,1-3H3;2*4H,1-3H3;2*1-2H3/b;6-5+;6-5-;;;;;;;;;. The van der Waals surface area contributed by atoms with E-state index < -0.39 is 0 Å². The molecule has 430 valence electrons. The van der Waals surface area contributed by atoms with Gasteiger partial charge in [0.05, 0.1) is 0 Å². The summed E-state index contributed by atoms with van der Waals surface area (Å²) in [5, 5.41) is 2.62. The van der Waals surface area contributed by atoms with Gasteiger partial charge in [-0.2, -0.15) is 0 Å². The minimum absolute atomic E-state index is 0.722. The molecule has 4 aromatic rings. The second-order valence-corrected chi connectivity index (χ2v) is 22.7. The van der Waals surface area contributed by atoms with Crippen molar-refractivity contribution in [1.29, 1.82) is 0 Å². The van der Waals surface area contributed by atoms with E-state index in [-0.39, 0.29) is 0 Å². The molecule has 0 N–H and O–H groups in total. The van der Waals surface area contributed by atoms with E-state index in [1.807, 2.05) is 100 Å². The molecule has 74 heavy (non-hydrogen) atoms. The molecule has 4 aromatic carbocycles. The highest BCUT2D eigenvalue weighted by Crippen LogP contribution is 2.11. The van der Waals surface area contributed by atoms with Gasteiger partial charge in [-0.1, -0.05) is 352 Å². The molecule has 4 rings (SSSR count). The first-order valence-electron chi connectivity index (χ1n) is 30.0. The van der Waals surface area contributed by atoms with Gasteiger partial charge in [-0.3, -0.25) is 0 Å². The monoisotopic (exact) mass is 1020 g/mol. The maximum absolute atomic E-state index is 3.17. The molecule has 0 unspecified atom stereocenters. The molecule has 0 heterocycles. The lowest BCUT2D eigenvalue weighted by molar-refractivity contribution is 0.626. The van der Waals surface area contributed by atoms with Crippen molar-refractivity contribution in [2.75, 3.05) is 0 Å². The SMILES string of the molecule is CC.CC.CC(C)C.CC(C)C.CC(C)C/C=C/CC(C)C.CC(C)C/C=C\CC(C)C.CC(C)CC#CCC(C)C.CCC(C)C.CCC(C)C.c1ccc2ccccc2c1.c1ccccc1.c1ccccc1. The van der Waals surface area contributed by atoms with Crippen molar-refractivity contribution < 1.29 is 0 Å². The van der Waals surface area contributed by atoms with Crippen LogP contribution in [0.3, 0.4) is 0 Å². The lowest BCUT2D eigenvalue weighted by Crippen LogP contribution is -1.84. The van der Waals surface area contributed by atoms with Gasteiger partial charge < -0.3 is 0 Å². The van der Waals surface area contributed by atoms with Gasteiger partial charge in [-0.15, -0.1) is 11.8 Å². The highest BCUT2D eigenvalue weighted by atomic mass is 14.0. The minimum atomic E-state index is 0.722. The number of hydrogen-bond acceptors (Lipinski definition) is 0. The smallest absolute Gasteiger partial charge is 0.0112 e. The fourth-order valence-corrected chi connectivity index (χ4v) is 3.93. The third kappa shape index (κ3) is 117. The Labute approximate surface area is 470 Å². The highest BCUT2D eigenvalue weighted by molar-refractivity contribution is 5.82. The Morgan fingerprint density at radius 1 is 0.270 bits per heavy atom. The molecule has 0 bridgehead atoms. The van der Waals surface area contributed by atoms with Gasteiger partial charge in [-0.25, -0.2) is 0 Å². The summed E-state index contributed by atoms with van der Waals surface area (Å²) in [5.41, 5.74) is 0. The molecule has 0 nitrogen and oxygen atoms in total. The summed E-state index contributed by atoms with van der Waals surface area (Å²) in [5.74, 6) is 14.4. The maximum Gasteiger partial charge on any atom is 0.0112 e. The number of benzene rings is 4. The number of allylic oxidation sites excluding steroid dienone is 4. The van der Waals surface area contributed by atoms with Crippen LogP contribution in [0.5, 0.6) is 0 Å². The lowest BCUT2D eigenvalue weighted by atomic mass is 10.1. The Morgan fingerprint density at radius 3 is 0.527 bits per heavy atom. The zero-order chi connectivity index (χ0) is 59.0. The van der Waals surface area contributed by atoms with E-state index in [2.05, 4.69) is 251 Å². The van der Waals surface area contributed by atoms with E-state index in [1.165, 1.54) is 49.3 Å². The Kier molecular flexibility index (Phi) is 86.2. The van der Waals surface area contributed by atoms with E-state index in [0.717, 1.165) is 72.0 Å². The number of rotatable bonds is 12. The first-order valence-corrected chi connectivity index (χ1v) is 30.0. The molecule has 0 fully saturated rings. The van der Waals surface area contributed by atoms with Crippen LogP contribution in [-0.2, 0) is 0 Å². The average molecular weight is 1020 g/mol. The summed E-state index contributed by atoms with van der Waals surface area (Å²) in [6.07, 6.45) is 18.8. The van der Waals surface area contributed by atoms with Gasteiger partial charge >= 0.3 is 0 Å². The van der Waals surface area contributed by atoms with E-state index in [0.29, 0.717) is 0 Å². The van der Waals surface area contributed by atoms with Crippen molar-refractivity contribution in [2.45, 2.75) is 245 Å². The summed E-state index contributed by atoms with van der Waals surface area (Å²) >= 11 is 0. The molecule has 0 aliphatic carbocycles. The zero-order valence-electron chi connectivity index (χ0n) is 55.3. The highest BCUT2D eigenvalue weighted by Gasteiger charge is 1.91. The van der Waals surface area contributed by atoms with Gasteiger partial charge in [0.15, 0.2) is 0 Å². The minimum Gasteiger partial charge on any atom is -0.103 e. The molecule has 0 aromatic heterocycles. The largest absolute Gasteiger partial charge is 0.103 e. The second kappa shape index (κ2) is 73.4. The van der Waals surface area contributed by atoms with E-state index in [1.54, 1.807) is 0 Å². The summed E-state index contributed by atoms with van der Waals surface area (Å²) in [6.45, 7) is 61.1. The lowest BCUT2D eigenvalue weighted by Gasteiger charge is -1.98. The molecule has 0 saturated carbocycles. The Bertz CT molecular complexity index is 1370. The fraction of sp³-hybridized carbons (Fsp3) is 0.622. The molecule has 0 spiro atoms. The van der Waals surface area contributed by atoms with Gasteiger partial charge in [0.2, 0.25) is 0 Å². The van der Waals surface area contributed by atoms with Crippen molar-refractivity contribution in [3.05, 3.63) is 146 Å². The summed E-state index contributed by atoms with van der Waals surface area (Å²) < 4.78 is 0. The zero-order valence-corrected chi connectivity index (χ0v) is 55.3. The Balaban J connectivity index is -0.000000110. The van der Waals surface area contributed by atoms with Gasteiger partial charge in [0.25, 0.3) is 0 Å². The summed E-state index contributed by atoms with van der Waals surface area (Å²) in [4.78, 5) is 0. The molecule has 0 aliphatic rings. The van der Waals surface area contributed by atoms with Gasteiger partial charge in [-0.05, 0) is 95.6 Å². The van der Waals surface area contributed by atoms with Crippen molar-refractivity contribution in [1.82, 2.24) is 0 Å². The molecule has 0 aliphatic heterocycles. The second-order valence-electron chi connectivity index (χ2n) is 22.7.